The van der Waals surface area contributed by atoms with E-state index in [-0.39, 0.29) is 11.8 Å². The molecule has 1 unspecified atom stereocenters. The van der Waals surface area contributed by atoms with Crippen LogP contribution >= 0.6 is 0 Å². The first-order chi connectivity index (χ1) is 9.56. The highest BCUT2D eigenvalue weighted by Gasteiger charge is 2.13. The molecule has 1 aliphatic heterocycles. The maximum atomic E-state index is 11.2. The van der Waals surface area contributed by atoms with Crippen molar-refractivity contribution in [1.82, 2.24) is 9.80 Å². The number of carbonyl (C=O) groups excluding carboxylic acids is 1. The summed E-state index contributed by atoms with van der Waals surface area (Å²) in [5, 5.41) is 0. The van der Waals surface area contributed by atoms with Gasteiger partial charge in [0, 0.05) is 32.6 Å². The molecule has 1 saturated heterocycles. The summed E-state index contributed by atoms with van der Waals surface area (Å²) in [6.45, 7) is 14.4. The molecular weight excluding hydrogens is 252 g/mol. The van der Waals surface area contributed by atoms with Crippen molar-refractivity contribution < 1.29 is 9.53 Å². The van der Waals surface area contributed by atoms with Crippen molar-refractivity contribution in [1.29, 1.82) is 0 Å². The van der Waals surface area contributed by atoms with Crippen molar-refractivity contribution in [3.8, 4) is 0 Å². The van der Waals surface area contributed by atoms with Crippen LogP contribution in [-0.2, 0) is 9.53 Å². The summed E-state index contributed by atoms with van der Waals surface area (Å²) in [4.78, 5) is 15.5. The lowest BCUT2D eigenvalue weighted by molar-refractivity contribution is -0.133. The second kappa shape index (κ2) is 12.2. The molecule has 0 radical (unpaired) electrons. The number of amides is 1. The Labute approximate surface area is 125 Å². The standard InChI is InChI=1S/2C8H17NO/c1-2-3-4-9-5-7-10-8-6-9;1-5-7(3)8(10)9(4)6-2/h2-8H2,1H3;7H,5-6H2,1-4H3. The van der Waals surface area contributed by atoms with E-state index in [2.05, 4.69) is 11.8 Å². The molecule has 0 N–H and O–H groups in total. The summed E-state index contributed by atoms with van der Waals surface area (Å²) in [6.07, 6.45) is 3.57. The Bertz CT molecular complexity index is 229. The van der Waals surface area contributed by atoms with Crippen molar-refractivity contribution in [3.63, 3.8) is 0 Å². The normalized spacial score (nSPS) is 17.1. The van der Waals surface area contributed by atoms with Gasteiger partial charge in [0.25, 0.3) is 0 Å². The summed E-state index contributed by atoms with van der Waals surface area (Å²) in [6, 6.07) is 0. The monoisotopic (exact) mass is 286 g/mol. The van der Waals surface area contributed by atoms with Gasteiger partial charge in [-0.05, 0) is 26.3 Å². The molecule has 0 aromatic carbocycles. The third-order valence-electron chi connectivity index (χ3n) is 3.82. The largest absolute Gasteiger partial charge is 0.379 e. The number of morpholine rings is 1. The number of hydrogen-bond donors (Lipinski definition) is 0. The van der Waals surface area contributed by atoms with Crippen molar-refractivity contribution in [2.24, 2.45) is 5.92 Å². The molecule has 120 valence electrons. The number of ether oxygens (including phenoxy) is 1. The highest BCUT2D eigenvalue weighted by atomic mass is 16.5. The quantitative estimate of drug-likeness (QED) is 0.752. The lowest BCUT2D eigenvalue weighted by atomic mass is 10.1. The molecule has 1 amide bonds. The molecule has 1 fully saturated rings. The average Bonchev–Trinajstić information content (AvgIpc) is 2.52. The maximum Gasteiger partial charge on any atom is 0.225 e. The molecule has 0 aliphatic carbocycles. The van der Waals surface area contributed by atoms with Gasteiger partial charge in [0.1, 0.15) is 0 Å². The molecule has 20 heavy (non-hydrogen) atoms. The van der Waals surface area contributed by atoms with Gasteiger partial charge in [-0.25, -0.2) is 0 Å². The van der Waals surface area contributed by atoms with Crippen LogP contribution in [0.5, 0.6) is 0 Å². The Kier molecular flexibility index (Phi) is 11.8. The first kappa shape index (κ1) is 19.4. The van der Waals surface area contributed by atoms with Crippen LogP contribution in [0.3, 0.4) is 0 Å². The SMILES string of the molecule is CCC(C)C(=O)N(C)CC.CCCCN1CCOCC1. The third-order valence-corrected chi connectivity index (χ3v) is 3.82. The zero-order chi connectivity index (χ0) is 15.4. The summed E-state index contributed by atoms with van der Waals surface area (Å²) >= 11 is 0. The second-order valence-corrected chi connectivity index (χ2v) is 5.47. The minimum Gasteiger partial charge on any atom is -0.379 e. The first-order valence-electron chi connectivity index (χ1n) is 8.11. The smallest absolute Gasteiger partial charge is 0.225 e. The molecule has 4 nitrogen and oxygen atoms in total. The number of hydrogen-bond acceptors (Lipinski definition) is 3. The molecule has 1 heterocycles. The van der Waals surface area contributed by atoms with E-state index in [1.54, 1.807) is 4.90 Å². The van der Waals surface area contributed by atoms with Crippen LogP contribution < -0.4 is 0 Å². The second-order valence-electron chi connectivity index (χ2n) is 5.47. The predicted octanol–water partition coefficient (Wildman–Crippen LogP) is 2.63. The van der Waals surface area contributed by atoms with Gasteiger partial charge in [-0.2, -0.15) is 0 Å². The van der Waals surface area contributed by atoms with Gasteiger partial charge in [-0.1, -0.05) is 27.2 Å². The van der Waals surface area contributed by atoms with Crippen LogP contribution in [0.15, 0.2) is 0 Å². The topological polar surface area (TPSA) is 32.8 Å². The molecule has 4 heteroatoms. The number of rotatable bonds is 6. The van der Waals surface area contributed by atoms with Crippen molar-refractivity contribution in [3.05, 3.63) is 0 Å². The van der Waals surface area contributed by atoms with E-state index in [1.165, 1.54) is 19.4 Å². The third kappa shape index (κ3) is 8.54. The Morgan fingerprint density at radius 3 is 2.30 bits per heavy atom. The fourth-order valence-electron chi connectivity index (χ4n) is 1.91. The first-order valence-corrected chi connectivity index (χ1v) is 8.11. The molecule has 0 aromatic rings. The van der Waals surface area contributed by atoms with Crippen molar-refractivity contribution in [2.75, 3.05) is 46.4 Å². The number of nitrogens with zero attached hydrogens (tertiary/aromatic N) is 2. The van der Waals surface area contributed by atoms with Crippen LogP contribution in [0.25, 0.3) is 0 Å². The minimum absolute atomic E-state index is 0.185. The van der Waals surface area contributed by atoms with Crippen LogP contribution in [0, 0.1) is 5.92 Å². The van der Waals surface area contributed by atoms with E-state index in [0.717, 1.165) is 39.3 Å². The molecule has 0 aromatic heterocycles. The fraction of sp³-hybridized carbons (Fsp3) is 0.938. The van der Waals surface area contributed by atoms with E-state index in [9.17, 15) is 4.79 Å². The van der Waals surface area contributed by atoms with E-state index in [1.807, 2.05) is 27.8 Å². The highest BCUT2D eigenvalue weighted by molar-refractivity contribution is 5.78. The van der Waals surface area contributed by atoms with E-state index < -0.39 is 0 Å². The van der Waals surface area contributed by atoms with Gasteiger partial charge in [-0.15, -0.1) is 0 Å². The van der Waals surface area contributed by atoms with E-state index in [4.69, 9.17) is 4.74 Å². The summed E-state index contributed by atoms with van der Waals surface area (Å²) in [5.41, 5.74) is 0. The van der Waals surface area contributed by atoms with Gasteiger partial charge in [0.15, 0.2) is 0 Å². The molecule has 1 atom stereocenters. The van der Waals surface area contributed by atoms with Crippen LogP contribution in [0.2, 0.25) is 0 Å². The molecule has 0 saturated carbocycles. The zero-order valence-corrected chi connectivity index (χ0v) is 14.2. The van der Waals surface area contributed by atoms with Crippen LogP contribution in [-0.4, -0.2) is 62.1 Å². The molecule has 1 aliphatic rings. The zero-order valence-electron chi connectivity index (χ0n) is 14.2. The maximum absolute atomic E-state index is 11.2. The lowest BCUT2D eigenvalue weighted by Crippen LogP contribution is -2.36. The van der Waals surface area contributed by atoms with Gasteiger partial charge < -0.3 is 9.64 Å². The van der Waals surface area contributed by atoms with Gasteiger partial charge in [0.2, 0.25) is 5.91 Å². The Balaban J connectivity index is 0.000000361. The van der Waals surface area contributed by atoms with Gasteiger partial charge in [0.05, 0.1) is 13.2 Å². The molecule has 0 spiro atoms. The number of unbranched alkanes of at least 4 members (excludes halogenated alkanes) is 1. The Morgan fingerprint density at radius 2 is 1.85 bits per heavy atom. The number of carbonyl (C=O) groups is 1. The van der Waals surface area contributed by atoms with Gasteiger partial charge >= 0.3 is 0 Å². The Morgan fingerprint density at radius 1 is 1.25 bits per heavy atom. The Hall–Kier alpha value is -0.610. The summed E-state index contributed by atoms with van der Waals surface area (Å²) < 4.78 is 5.24. The lowest BCUT2D eigenvalue weighted by Gasteiger charge is -2.26. The molecular formula is C16H34N2O2. The van der Waals surface area contributed by atoms with Gasteiger partial charge in [-0.3, -0.25) is 9.69 Å². The van der Waals surface area contributed by atoms with E-state index in [0.29, 0.717) is 0 Å². The van der Waals surface area contributed by atoms with Crippen molar-refractivity contribution >= 4 is 5.91 Å². The summed E-state index contributed by atoms with van der Waals surface area (Å²) in [7, 11) is 1.84. The van der Waals surface area contributed by atoms with Crippen LogP contribution in [0.4, 0.5) is 0 Å². The minimum atomic E-state index is 0.185. The average molecular weight is 286 g/mol. The summed E-state index contributed by atoms with van der Waals surface area (Å²) in [5.74, 6) is 0.440. The highest BCUT2D eigenvalue weighted by Crippen LogP contribution is 2.04. The molecule has 0 bridgehead atoms. The van der Waals surface area contributed by atoms with Crippen molar-refractivity contribution in [2.45, 2.75) is 47.0 Å². The predicted molar refractivity (Wildman–Crippen MR) is 84.9 cm³/mol. The fourth-order valence-corrected chi connectivity index (χ4v) is 1.91. The molecule has 1 rings (SSSR count). The van der Waals surface area contributed by atoms with Crippen LogP contribution in [0.1, 0.15) is 47.0 Å². The van der Waals surface area contributed by atoms with E-state index >= 15 is 0 Å².